The molecule has 88 valence electrons. The van der Waals surface area contributed by atoms with Crippen LogP contribution in [0.25, 0.3) is 0 Å². The molecule has 0 radical (unpaired) electrons. The van der Waals surface area contributed by atoms with E-state index in [0.717, 1.165) is 0 Å². The van der Waals surface area contributed by atoms with Crippen LogP contribution in [0, 0.1) is 6.92 Å². The van der Waals surface area contributed by atoms with Gasteiger partial charge in [-0.15, -0.1) is 0 Å². The van der Waals surface area contributed by atoms with Crippen molar-refractivity contribution in [2.75, 3.05) is 6.54 Å². The van der Waals surface area contributed by atoms with Gasteiger partial charge in [-0.2, -0.15) is 0 Å². The number of aryl methyl sites for hydroxylation is 1. The lowest BCUT2D eigenvalue weighted by Crippen LogP contribution is -2.28. The maximum absolute atomic E-state index is 11.3. The molecule has 0 saturated carbocycles. The summed E-state index contributed by atoms with van der Waals surface area (Å²) >= 11 is 0. The molecule has 0 spiro atoms. The van der Waals surface area contributed by atoms with E-state index in [9.17, 15) is 4.79 Å². The Hall–Kier alpha value is -1.83. The van der Waals surface area contributed by atoms with E-state index >= 15 is 0 Å². The molecule has 1 atom stereocenters. The molecule has 0 amide bonds. The van der Waals surface area contributed by atoms with Gasteiger partial charge in [0, 0.05) is 6.20 Å². The number of hydrogen-bond donors (Lipinski definition) is 0. The molecule has 0 saturated heterocycles. The van der Waals surface area contributed by atoms with Gasteiger partial charge in [0.2, 0.25) is 0 Å². The van der Waals surface area contributed by atoms with Gasteiger partial charge in [-0.1, -0.05) is 36.4 Å². The van der Waals surface area contributed by atoms with Gasteiger partial charge < -0.3 is 4.90 Å². The monoisotopic (exact) mass is 227 g/mol. The highest BCUT2D eigenvalue weighted by atomic mass is 16.1. The minimum Gasteiger partial charge on any atom is -0.360 e. The SMILES string of the molecule is CC(=O)CN1C=CC=CC1c1ccccc1C. The average Bonchev–Trinajstić information content (AvgIpc) is 2.30. The Labute approximate surface area is 102 Å². The van der Waals surface area contributed by atoms with Gasteiger partial charge in [0.05, 0.1) is 12.6 Å². The number of ketones is 1. The summed E-state index contributed by atoms with van der Waals surface area (Å²) in [5.41, 5.74) is 2.51. The lowest BCUT2D eigenvalue weighted by Gasteiger charge is -2.30. The standard InChI is InChI=1S/C15H17NO/c1-12-7-3-4-8-14(12)15-9-5-6-10-16(15)11-13(2)17/h3-10,15H,11H2,1-2H3. The third-order valence-corrected chi connectivity index (χ3v) is 2.95. The van der Waals surface area contributed by atoms with E-state index < -0.39 is 0 Å². The third-order valence-electron chi connectivity index (χ3n) is 2.95. The lowest BCUT2D eigenvalue weighted by molar-refractivity contribution is -0.117. The number of Topliss-reactive ketones (excluding diaryl/α,β-unsaturated/α-hetero) is 1. The van der Waals surface area contributed by atoms with Crippen molar-refractivity contribution in [1.29, 1.82) is 0 Å². The van der Waals surface area contributed by atoms with Gasteiger partial charge in [-0.3, -0.25) is 4.79 Å². The van der Waals surface area contributed by atoms with E-state index in [0.29, 0.717) is 6.54 Å². The Kier molecular flexibility index (Phi) is 3.43. The van der Waals surface area contributed by atoms with Crippen LogP contribution in [0.5, 0.6) is 0 Å². The summed E-state index contributed by atoms with van der Waals surface area (Å²) in [6, 6.07) is 8.48. The van der Waals surface area contributed by atoms with Crippen molar-refractivity contribution in [3.8, 4) is 0 Å². The fourth-order valence-corrected chi connectivity index (χ4v) is 2.14. The van der Waals surface area contributed by atoms with Crippen LogP contribution in [0.15, 0.2) is 48.7 Å². The predicted molar refractivity (Wildman–Crippen MR) is 69.6 cm³/mol. The predicted octanol–water partition coefficient (Wildman–Crippen LogP) is 3.01. The molecule has 0 fully saturated rings. The summed E-state index contributed by atoms with van der Waals surface area (Å²) < 4.78 is 0. The van der Waals surface area contributed by atoms with Crippen LogP contribution < -0.4 is 0 Å². The van der Waals surface area contributed by atoms with Crippen molar-refractivity contribution in [1.82, 2.24) is 4.90 Å². The van der Waals surface area contributed by atoms with E-state index in [4.69, 9.17) is 0 Å². The molecule has 1 aliphatic heterocycles. The smallest absolute Gasteiger partial charge is 0.149 e. The molecule has 0 N–H and O–H groups in total. The van der Waals surface area contributed by atoms with Crippen molar-refractivity contribution in [3.63, 3.8) is 0 Å². The first kappa shape index (κ1) is 11.6. The highest BCUT2D eigenvalue weighted by molar-refractivity contribution is 5.77. The van der Waals surface area contributed by atoms with Gasteiger partial charge >= 0.3 is 0 Å². The number of allylic oxidation sites excluding steroid dienone is 2. The Bertz CT molecular complexity index is 474. The minimum absolute atomic E-state index is 0.171. The number of nitrogens with zero attached hydrogens (tertiary/aromatic N) is 1. The maximum Gasteiger partial charge on any atom is 0.149 e. The zero-order valence-corrected chi connectivity index (χ0v) is 10.3. The van der Waals surface area contributed by atoms with Crippen molar-refractivity contribution in [2.45, 2.75) is 19.9 Å². The maximum atomic E-state index is 11.3. The third kappa shape index (κ3) is 2.64. The Morgan fingerprint density at radius 3 is 2.76 bits per heavy atom. The molecule has 0 bridgehead atoms. The fourth-order valence-electron chi connectivity index (χ4n) is 2.14. The Balaban J connectivity index is 2.29. The van der Waals surface area contributed by atoms with Crippen LogP contribution >= 0.6 is 0 Å². The molecule has 2 rings (SSSR count). The molecular weight excluding hydrogens is 210 g/mol. The summed E-state index contributed by atoms with van der Waals surface area (Å²) in [5, 5.41) is 0. The van der Waals surface area contributed by atoms with E-state index in [1.807, 2.05) is 30.5 Å². The molecule has 2 nitrogen and oxygen atoms in total. The van der Waals surface area contributed by atoms with Gasteiger partial charge in [-0.05, 0) is 31.1 Å². The molecule has 1 unspecified atom stereocenters. The first-order valence-corrected chi connectivity index (χ1v) is 5.84. The molecule has 17 heavy (non-hydrogen) atoms. The quantitative estimate of drug-likeness (QED) is 0.791. The van der Waals surface area contributed by atoms with E-state index in [2.05, 4.69) is 30.0 Å². The topological polar surface area (TPSA) is 20.3 Å². The normalized spacial score (nSPS) is 18.5. The second-order valence-corrected chi connectivity index (χ2v) is 4.40. The van der Waals surface area contributed by atoms with Gasteiger partial charge in [-0.25, -0.2) is 0 Å². The van der Waals surface area contributed by atoms with Gasteiger partial charge in [0.25, 0.3) is 0 Å². The molecule has 1 aliphatic rings. The zero-order valence-electron chi connectivity index (χ0n) is 10.3. The number of hydrogen-bond acceptors (Lipinski definition) is 2. The van der Waals surface area contributed by atoms with E-state index in [1.54, 1.807) is 6.92 Å². The molecule has 1 aromatic rings. The van der Waals surface area contributed by atoms with Gasteiger partial charge in [0.15, 0.2) is 0 Å². The summed E-state index contributed by atoms with van der Waals surface area (Å²) in [6.45, 7) is 4.19. The molecule has 2 heteroatoms. The minimum atomic E-state index is 0.171. The molecule has 0 aromatic heterocycles. The zero-order chi connectivity index (χ0) is 12.3. The first-order chi connectivity index (χ1) is 8.18. The fraction of sp³-hybridized carbons (Fsp3) is 0.267. The molecule has 1 heterocycles. The van der Waals surface area contributed by atoms with Crippen molar-refractivity contribution in [2.24, 2.45) is 0 Å². The number of rotatable bonds is 3. The van der Waals surface area contributed by atoms with Crippen LogP contribution in [0.1, 0.15) is 24.1 Å². The highest BCUT2D eigenvalue weighted by Gasteiger charge is 2.18. The van der Waals surface area contributed by atoms with Crippen LogP contribution in [0.4, 0.5) is 0 Å². The second-order valence-electron chi connectivity index (χ2n) is 4.40. The van der Waals surface area contributed by atoms with Gasteiger partial charge in [0.1, 0.15) is 5.78 Å². The van der Waals surface area contributed by atoms with E-state index in [-0.39, 0.29) is 11.8 Å². The molecular formula is C15H17NO. The lowest BCUT2D eigenvalue weighted by atomic mass is 9.98. The largest absolute Gasteiger partial charge is 0.360 e. The Morgan fingerprint density at radius 1 is 1.29 bits per heavy atom. The van der Waals surface area contributed by atoms with Crippen LogP contribution in [-0.4, -0.2) is 17.2 Å². The van der Waals surface area contributed by atoms with Crippen molar-refractivity contribution in [3.05, 3.63) is 59.8 Å². The van der Waals surface area contributed by atoms with E-state index in [1.165, 1.54) is 11.1 Å². The average molecular weight is 227 g/mol. The summed E-state index contributed by atoms with van der Waals surface area (Å²) in [5.74, 6) is 0.184. The summed E-state index contributed by atoms with van der Waals surface area (Å²) in [6.07, 6.45) is 8.12. The first-order valence-electron chi connectivity index (χ1n) is 5.84. The second kappa shape index (κ2) is 5.00. The molecule has 0 aliphatic carbocycles. The summed E-state index contributed by atoms with van der Waals surface area (Å²) in [4.78, 5) is 13.3. The number of benzene rings is 1. The van der Waals surface area contributed by atoms with Crippen molar-refractivity contribution < 1.29 is 4.79 Å². The molecule has 1 aromatic carbocycles. The number of carbonyl (C=O) groups excluding carboxylic acids is 1. The van der Waals surface area contributed by atoms with Crippen LogP contribution in [0.3, 0.4) is 0 Å². The highest BCUT2D eigenvalue weighted by Crippen LogP contribution is 2.27. The number of carbonyl (C=O) groups is 1. The Morgan fingerprint density at radius 2 is 2.06 bits per heavy atom. The van der Waals surface area contributed by atoms with Crippen molar-refractivity contribution >= 4 is 5.78 Å². The summed E-state index contributed by atoms with van der Waals surface area (Å²) in [7, 11) is 0. The van der Waals surface area contributed by atoms with Crippen LogP contribution in [0.2, 0.25) is 0 Å². The van der Waals surface area contributed by atoms with Crippen LogP contribution in [-0.2, 0) is 4.79 Å².